The molecule has 0 radical (unpaired) electrons. The molecule has 102 valence electrons. The molecule has 0 aliphatic heterocycles. The third kappa shape index (κ3) is 4.75. The van der Waals surface area contributed by atoms with E-state index in [-0.39, 0.29) is 0 Å². The lowest BCUT2D eigenvalue weighted by Crippen LogP contribution is -2.02. The van der Waals surface area contributed by atoms with E-state index < -0.39 is 0 Å². The molecule has 1 heterocycles. The molecule has 0 unspecified atom stereocenters. The Bertz CT molecular complexity index is 725. The second-order valence-electron chi connectivity index (χ2n) is 3.51. The van der Waals surface area contributed by atoms with Crippen molar-refractivity contribution in [2.45, 2.75) is 0 Å². The Hall–Kier alpha value is -3.72. The highest BCUT2D eigenvalue weighted by molar-refractivity contribution is 5.52. The highest BCUT2D eigenvalue weighted by Gasteiger charge is 2.08. The molecule has 2 heteroatoms. The van der Waals surface area contributed by atoms with Crippen LogP contribution in [0.15, 0.2) is 50.6 Å². The Morgan fingerprint density at radius 3 is 0.909 bits per heavy atom. The van der Waals surface area contributed by atoms with Crippen LogP contribution in [0.2, 0.25) is 0 Å². The normalized spacial score (nSPS) is 7.27. The highest BCUT2D eigenvalue weighted by Crippen LogP contribution is 2.07. The summed E-state index contributed by atoms with van der Waals surface area (Å²) in [7, 11) is 0. The van der Waals surface area contributed by atoms with Gasteiger partial charge >= 0.3 is 0 Å². The number of hydrogen-bond acceptors (Lipinski definition) is 2. The predicted molar refractivity (Wildman–Crippen MR) is 90.3 cm³/mol. The first-order chi connectivity index (χ1) is 10.8. The third-order valence-corrected chi connectivity index (χ3v) is 2.07. The minimum absolute atomic E-state index is 0.409. The first kappa shape index (κ1) is 16.3. The Morgan fingerprint density at radius 1 is 0.500 bits per heavy atom. The second-order valence-corrected chi connectivity index (χ2v) is 3.51. The van der Waals surface area contributed by atoms with Crippen LogP contribution in [0.25, 0.3) is 0 Å². The van der Waals surface area contributed by atoms with E-state index in [1.807, 2.05) is 0 Å². The molecule has 0 amide bonds. The second kappa shape index (κ2) is 9.23. The number of nitrogens with zero attached hydrogens (tertiary/aromatic N) is 2. The van der Waals surface area contributed by atoms with E-state index in [0.29, 0.717) is 22.8 Å². The van der Waals surface area contributed by atoms with Gasteiger partial charge in [-0.1, -0.05) is 50.0 Å². The summed E-state index contributed by atoms with van der Waals surface area (Å²) in [5, 5.41) is 0. The molecule has 0 aliphatic rings. The van der Waals surface area contributed by atoms with E-state index in [1.54, 1.807) is 0 Å². The fourth-order valence-electron chi connectivity index (χ4n) is 1.26. The molecule has 0 atom stereocenters. The molecule has 1 aromatic rings. The van der Waals surface area contributed by atoms with E-state index >= 15 is 0 Å². The number of aromatic nitrogens is 2. The molecule has 0 aromatic carbocycles. The molecule has 2 nitrogen and oxygen atoms in total. The quantitative estimate of drug-likeness (QED) is 0.683. The zero-order chi connectivity index (χ0) is 16.2. The van der Waals surface area contributed by atoms with Crippen molar-refractivity contribution in [1.29, 1.82) is 0 Å². The van der Waals surface area contributed by atoms with Gasteiger partial charge in [-0.15, -0.1) is 0 Å². The summed E-state index contributed by atoms with van der Waals surface area (Å²) in [4.78, 5) is 8.75. The fourth-order valence-corrected chi connectivity index (χ4v) is 1.26. The molecule has 0 bridgehead atoms. The average Bonchev–Trinajstić information content (AvgIpc) is 2.55. The van der Waals surface area contributed by atoms with Crippen LogP contribution in [0.4, 0.5) is 0 Å². The lowest BCUT2D eigenvalue weighted by molar-refractivity contribution is 1.10. The van der Waals surface area contributed by atoms with Gasteiger partial charge < -0.3 is 0 Å². The van der Waals surface area contributed by atoms with Crippen LogP contribution in [0.1, 0.15) is 22.8 Å². The first-order valence-electron chi connectivity index (χ1n) is 6.18. The van der Waals surface area contributed by atoms with Crippen molar-refractivity contribution in [1.82, 2.24) is 9.97 Å². The van der Waals surface area contributed by atoms with Crippen LogP contribution in [-0.2, 0) is 0 Å². The molecule has 0 spiro atoms. The number of allylic oxidation sites excluding steroid dienone is 4. The van der Waals surface area contributed by atoms with Crippen LogP contribution >= 0.6 is 0 Å². The fraction of sp³-hybridized carbons (Fsp3) is 0. The number of hydrogen-bond donors (Lipinski definition) is 0. The van der Waals surface area contributed by atoms with Gasteiger partial charge in [0, 0.05) is 0 Å². The average molecular weight is 280 g/mol. The Morgan fingerprint density at radius 2 is 0.727 bits per heavy atom. The third-order valence-electron chi connectivity index (χ3n) is 2.07. The van der Waals surface area contributed by atoms with Gasteiger partial charge in [-0.2, -0.15) is 0 Å². The zero-order valence-corrected chi connectivity index (χ0v) is 12.0. The minimum atomic E-state index is 0.409. The van der Waals surface area contributed by atoms with Gasteiger partial charge in [0.05, 0.1) is 0 Å². The molecule has 0 aliphatic carbocycles. The van der Waals surface area contributed by atoms with Crippen molar-refractivity contribution in [2.24, 2.45) is 0 Å². The summed E-state index contributed by atoms with van der Waals surface area (Å²) < 4.78 is 0. The van der Waals surface area contributed by atoms with Crippen molar-refractivity contribution < 1.29 is 0 Å². The summed E-state index contributed by atoms with van der Waals surface area (Å²) in [6, 6.07) is 0. The van der Waals surface area contributed by atoms with Crippen molar-refractivity contribution in [3.05, 3.63) is 73.4 Å². The lowest BCUT2D eigenvalue weighted by Gasteiger charge is -2.00. The van der Waals surface area contributed by atoms with Gasteiger partial charge in [0.2, 0.25) is 0 Å². The van der Waals surface area contributed by atoms with Crippen LogP contribution in [0, 0.1) is 47.4 Å². The molecule has 1 aromatic heterocycles. The van der Waals surface area contributed by atoms with Crippen LogP contribution < -0.4 is 0 Å². The van der Waals surface area contributed by atoms with E-state index in [1.165, 1.54) is 24.3 Å². The molecule has 0 saturated heterocycles. The molecule has 22 heavy (non-hydrogen) atoms. The van der Waals surface area contributed by atoms with Crippen molar-refractivity contribution in [2.75, 3.05) is 0 Å². The molecule has 1 rings (SSSR count). The maximum absolute atomic E-state index is 4.37. The Balaban J connectivity index is 3.68. The van der Waals surface area contributed by atoms with E-state index in [2.05, 4.69) is 83.6 Å². The highest BCUT2D eigenvalue weighted by atomic mass is 14.8. The van der Waals surface area contributed by atoms with Crippen molar-refractivity contribution >= 4 is 0 Å². The van der Waals surface area contributed by atoms with Gasteiger partial charge in [-0.3, -0.25) is 0 Å². The Kier molecular flexibility index (Phi) is 6.85. The first-order valence-corrected chi connectivity index (χ1v) is 6.18. The van der Waals surface area contributed by atoms with Crippen LogP contribution in [0.3, 0.4) is 0 Å². The zero-order valence-electron chi connectivity index (χ0n) is 12.0. The van der Waals surface area contributed by atoms with Crippen molar-refractivity contribution in [3.63, 3.8) is 0 Å². The van der Waals surface area contributed by atoms with Gasteiger partial charge in [0.25, 0.3) is 0 Å². The maximum atomic E-state index is 4.37. The monoisotopic (exact) mass is 280 g/mol. The van der Waals surface area contributed by atoms with E-state index in [0.717, 1.165) is 0 Å². The summed E-state index contributed by atoms with van der Waals surface area (Å²) in [5.74, 6) is 22.2. The standard InChI is InChI=1S/C20H12N2/c1-5-9-13-17-18(14-10-6-2)22-20(16-12-8-4)19(21-17)15-11-7-3/h5-8H,1-4H2. The topological polar surface area (TPSA) is 25.8 Å². The molecule has 0 N–H and O–H groups in total. The molecule has 0 saturated carbocycles. The number of rotatable bonds is 0. The molecular weight excluding hydrogens is 268 g/mol. The SMILES string of the molecule is C=CC#Cc1nc(C#CC=C)c(C#CC=C)nc1C#CC=C. The smallest absolute Gasteiger partial charge is 0.149 e. The summed E-state index contributed by atoms with van der Waals surface area (Å²) in [6.45, 7) is 14.2. The van der Waals surface area contributed by atoms with Gasteiger partial charge in [0.15, 0.2) is 0 Å². The Labute approximate surface area is 131 Å². The van der Waals surface area contributed by atoms with Gasteiger partial charge in [-0.05, 0) is 48.0 Å². The minimum Gasteiger partial charge on any atom is -0.225 e. The van der Waals surface area contributed by atoms with E-state index in [4.69, 9.17) is 0 Å². The largest absolute Gasteiger partial charge is 0.225 e. The van der Waals surface area contributed by atoms with Crippen molar-refractivity contribution in [3.8, 4) is 47.4 Å². The predicted octanol–water partition coefficient (Wildman–Crippen LogP) is 2.63. The van der Waals surface area contributed by atoms with Gasteiger partial charge in [-0.25, -0.2) is 9.97 Å². The van der Waals surface area contributed by atoms with Gasteiger partial charge in [0.1, 0.15) is 22.8 Å². The summed E-state index contributed by atoms with van der Waals surface area (Å²) in [6.07, 6.45) is 5.86. The maximum Gasteiger partial charge on any atom is 0.149 e. The summed E-state index contributed by atoms with van der Waals surface area (Å²) in [5.41, 5.74) is 1.64. The summed E-state index contributed by atoms with van der Waals surface area (Å²) >= 11 is 0. The van der Waals surface area contributed by atoms with E-state index in [9.17, 15) is 0 Å². The molecular formula is C20H12N2. The lowest BCUT2D eigenvalue weighted by atomic mass is 10.2. The molecule has 0 fully saturated rings. The van der Waals surface area contributed by atoms with Crippen LogP contribution in [-0.4, -0.2) is 9.97 Å². The van der Waals surface area contributed by atoms with Crippen LogP contribution in [0.5, 0.6) is 0 Å².